The van der Waals surface area contributed by atoms with Gasteiger partial charge in [-0.1, -0.05) is 0 Å². The van der Waals surface area contributed by atoms with E-state index in [9.17, 15) is 4.79 Å². The summed E-state index contributed by atoms with van der Waals surface area (Å²) in [6.07, 6.45) is 8.70. The van der Waals surface area contributed by atoms with Crippen molar-refractivity contribution < 1.29 is 9.53 Å². The maximum Gasteiger partial charge on any atom is 0.254 e. The van der Waals surface area contributed by atoms with Crippen LogP contribution >= 0.6 is 24.8 Å². The minimum absolute atomic E-state index is 0. The van der Waals surface area contributed by atoms with E-state index in [1.807, 2.05) is 12.1 Å². The number of nitrogens with one attached hydrogen (secondary N) is 2. The highest BCUT2D eigenvalue weighted by molar-refractivity contribution is 5.93. The van der Waals surface area contributed by atoms with Gasteiger partial charge in [0.2, 0.25) is 0 Å². The zero-order valence-electron chi connectivity index (χ0n) is 14.7. The van der Waals surface area contributed by atoms with Crippen molar-refractivity contribution in [1.82, 2.24) is 25.4 Å². The number of hydrogen-bond acceptors (Lipinski definition) is 5. The van der Waals surface area contributed by atoms with Gasteiger partial charge in [-0.25, -0.2) is 4.68 Å². The number of piperidine rings is 1. The lowest BCUT2D eigenvalue weighted by molar-refractivity contribution is 0.0512. The summed E-state index contributed by atoms with van der Waals surface area (Å²) in [6, 6.07) is 3.73. The lowest BCUT2D eigenvalue weighted by Crippen LogP contribution is -2.47. The molecule has 7 nitrogen and oxygen atoms in total. The number of carbonyl (C=O) groups is 1. The molecule has 1 aliphatic heterocycles. The second-order valence-electron chi connectivity index (χ2n) is 6.25. The molecular formula is C17H25Cl2N5O2. The number of nitrogens with zero attached hydrogens (tertiary/aromatic N) is 3. The second kappa shape index (κ2) is 10.5. The van der Waals surface area contributed by atoms with E-state index in [1.165, 1.54) is 0 Å². The standard InChI is InChI=1S/C17H23N5O2.2ClH/c1-24-13-17(4-7-18-8-5-17)12-20-16(23)14-9-21-22(11-14)15-3-2-6-19-10-15;;/h2-3,6,9-11,18H,4-5,7-8,12-13H2,1H3,(H,20,23);2*1H. The third-order valence-electron chi connectivity index (χ3n) is 4.49. The fraction of sp³-hybridized carbons (Fsp3) is 0.471. The zero-order valence-corrected chi connectivity index (χ0v) is 16.3. The Hall–Kier alpha value is -1.67. The van der Waals surface area contributed by atoms with Gasteiger partial charge in [-0.2, -0.15) is 5.10 Å². The normalized spacial score (nSPS) is 15.4. The van der Waals surface area contributed by atoms with Gasteiger partial charge >= 0.3 is 0 Å². The first-order valence-electron chi connectivity index (χ1n) is 8.15. The number of ether oxygens (including phenoxy) is 1. The Morgan fingerprint density at radius 3 is 2.77 bits per heavy atom. The first kappa shape index (κ1) is 22.4. The number of rotatable bonds is 6. The van der Waals surface area contributed by atoms with Gasteiger partial charge in [0, 0.05) is 31.5 Å². The molecule has 0 aromatic carbocycles. The Morgan fingerprint density at radius 2 is 2.12 bits per heavy atom. The molecule has 1 fully saturated rings. The van der Waals surface area contributed by atoms with Crippen molar-refractivity contribution in [1.29, 1.82) is 0 Å². The zero-order chi connectivity index (χ0) is 16.8. The largest absolute Gasteiger partial charge is 0.384 e. The fourth-order valence-corrected chi connectivity index (χ4v) is 3.08. The van der Waals surface area contributed by atoms with E-state index in [4.69, 9.17) is 4.74 Å². The summed E-state index contributed by atoms with van der Waals surface area (Å²) >= 11 is 0. The predicted molar refractivity (Wildman–Crippen MR) is 105 cm³/mol. The van der Waals surface area contributed by atoms with Crippen LogP contribution in [0.15, 0.2) is 36.9 Å². The van der Waals surface area contributed by atoms with Crippen LogP contribution in [0.5, 0.6) is 0 Å². The lowest BCUT2D eigenvalue weighted by atomic mass is 9.79. The number of halogens is 2. The Balaban J connectivity index is 0.00000169. The van der Waals surface area contributed by atoms with E-state index in [1.54, 1.807) is 36.6 Å². The predicted octanol–water partition coefficient (Wildman–Crippen LogP) is 1.86. The van der Waals surface area contributed by atoms with E-state index < -0.39 is 0 Å². The lowest BCUT2D eigenvalue weighted by Gasteiger charge is -2.37. The van der Waals surface area contributed by atoms with E-state index in [2.05, 4.69) is 20.7 Å². The molecule has 2 aromatic rings. The van der Waals surface area contributed by atoms with Crippen LogP contribution in [0.4, 0.5) is 0 Å². The average Bonchev–Trinajstić information content (AvgIpc) is 3.12. The van der Waals surface area contributed by atoms with E-state index in [0.717, 1.165) is 31.6 Å². The van der Waals surface area contributed by atoms with Crippen molar-refractivity contribution in [3.63, 3.8) is 0 Å². The highest BCUT2D eigenvalue weighted by atomic mass is 35.5. The van der Waals surface area contributed by atoms with Crippen LogP contribution in [0, 0.1) is 5.41 Å². The third-order valence-corrected chi connectivity index (χ3v) is 4.49. The first-order valence-corrected chi connectivity index (χ1v) is 8.15. The average molecular weight is 402 g/mol. The van der Waals surface area contributed by atoms with Crippen molar-refractivity contribution in [2.75, 3.05) is 33.4 Å². The van der Waals surface area contributed by atoms with Crippen molar-refractivity contribution >= 4 is 30.7 Å². The SMILES string of the molecule is COCC1(CNC(=O)c2cnn(-c3cccnc3)c2)CCNCC1.Cl.Cl. The maximum absolute atomic E-state index is 12.4. The molecule has 2 aromatic heterocycles. The summed E-state index contributed by atoms with van der Waals surface area (Å²) in [6.45, 7) is 3.18. The van der Waals surface area contributed by atoms with Crippen LogP contribution < -0.4 is 10.6 Å². The number of pyridine rings is 1. The molecule has 3 rings (SSSR count). The number of amides is 1. The van der Waals surface area contributed by atoms with Crippen LogP contribution in [-0.4, -0.2) is 54.0 Å². The van der Waals surface area contributed by atoms with Gasteiger partial charge in [-0.3, -0.25) is 9.78 Å². The van der Waals surface area contributed by atoms with E-state index in [0.29, 0.717) is 18.7 Å². The highest BCUT2D eigenvalue weighted by Gasteiger charge is 2.32. The molecule has 144 valence electrons. The minimum atomic E-state index is -0.112. The molecule has 3 heterocycles. The molecule has 0 saturated carbocycles. The number of carbonyl (C=O) groups excluding carboxylic acids is 1. The molecule has 0 atom stereocenters. The maximum atomic E-state index is 12.4. The van der Waals surface area contributed by atoms with E-state index >= 15 is 0 Å². The molecule has 0 aliphatic carbocycles. The molecule has 0 spiro atoms. The number of methoxy groups -OCH3 is 1. The summed E-state index contributed by atoms with van der Waals surface area (Å²) in [5.74, 6) is -0.112. The Morgan fingerprint density at radius 1 is 1.35 bits per heavy atom. The molecule has 1 amide bonds. The van der Waals surface area contributed by atoms with E-state index in [-0.39, 0.29) is 36.1 Å². The van der Waals surface area contributed by atoms with Gasteiger partial charge in [0.15, 0.2) is 0 Å². The Bertz CT molecular complexity index is 669. The Labute approximate surface area is 165 Å². The van der Waals surface area contributed by atoms with Crippen LogP contribution in [0.2, 0.25) is 0 Å². The second-order valence-corrected chi connectivity index (χ2v) is 6.25. The topological polar surface area (TPSA) is 81.1 Å². The monoisotopic (exact) mass is 401 g/mol. The van der Waals surface area contributed by atoms with Gasteiger partial charge in [-0.15, -0.1) is 24.8 Å². The molecular weight excluding hydrogens is 377 g/mol. The van der Waals surface area contributed by atoms with Crippen LogP contribution in [-0.2, 0) is 4.74 Å². The molecule has 0 unspecified atom stereocenters. The van der Waals surface area contributed by atoms with Crippen molar-refractivity contribution in [2.45, 2.75) is 12.8 Å². The van der Waals surface area contributed by atoms with Crippen LogP contribution in [0.25, 0.3) is 5.69 Å². The van der Waals surface area contributed by atoms with Crippen LogP contribution in [0.3, 0.4) is 0 Å². The van der Waals surface area contributed by atoms with Gasteiger partial charge < -0.3 is 15.4 Å². The van der Waals surface area contributed by atoms with Crippen LogP contribution in [0.1, 0.15) is 23.2 Å². The third kappa shape index (κ3) is 5.41. The number of aromatic nitrogens is 3. The molecule has 2 N–H and O–H groups in total. The van der Waals surface area contributed by atoms with Crippen molar-refractivity contribution in [2.24, 2.45) is 5.41 Å². The fourth-order valence-electron chi connectivity index (χ4n) is 3.08. The van der Waals surface area contributed by atoms with Gasteiger partial charge in [-0.05, 0) is 38.1 Å². The summed E-state index contributed by atoms with van der Waals surface area (Å²) < 4.78 is 7.03. The van der Waals surface area contributed by atoms with Crippen molar-refractivity contribution in [3.05, 3.63) is 42.5 Å². The number of hydrogen-bond donors (Lipinski definition) is 2. The molecule has 0 radical (unpaired) electrons. The van der Waals surface area contributed by atoms with Gasteiger partial charge in [0.1, 0.15) is 0 Å². The van der Waals surface area contributed by atoms with Gasteiger partial charge in [0.25, 0.3) is 5.91 Å². The summed E-state index contributed by atoms with van der Waals surface area (Å²) in [5.41, 5.74) is 1.38. The quantitative estimate of drug-likeness (QED) is 0.771. The molecule has 0 bridgehead atoms. The first-order chi connectivity index (χ1) is 11.7. The van der Waals surface area contributed by atoms with Crippen molar-refractivity contribution in [3.8, 4) is 5.69 Å². The van der Waals surface area contributed by atoms with Gasteiger partial charge in [0.05, 0.1) is 30.3 Å². The molecule has 26 heavy (non-hydrogen) atoms. The summed E-state index contributed by atoms with van der Waals surface area (Å²) in [5, 5.41) is 10.6. The molecule has 9 heteroatoms. The Kier molecular flexibility index (Phi) is 9.01. The summed E-state index contributed by atoms with van der Waals surface area (Å²) in [4.78, 5) is 16.5. The smallest absolute Gasteiger partial charge is 0.254 e. The highest BCUT2D eigenvalue weighted by Crippen LogP contribution is 2.28. The molecule has 1 saturated heterocycles. The minimum Gasteiger partial charge on any atom is -0.384 e. The summed E-state index contributed by atoms with van der Waals surface area (Å²) in [7, 11) is 1.71. The molecule has 1 aliphatic rings.